The summed E-state index contributed by atoms with van der Waals surface area (Å²) < 4.78 is 0. The van der Waals surface area contributed by atoms with E-state index in [-0.39, 0.29) is 0 Å². The molecule has 21 heavy (non-hydrogen) atoms. The van der Waals surface area contributed by atoms with Crippen LogP contribution in [0.3, 0.4) is 0 Å². The number of anilines is 1. The average molecular weight is 291 g/mol. The smallest absolute Gasteiger partial charge is 0.339 e. The van der Waals surface area contributed by atoms with E-state index in [1.807, 2.05) is 20.0 Å². The standard InChI is InChI=1S/C16H25N3O2/c1-5-19-8-6-13(7-9-19)18(4)14-10-11(2)17-12(3)15(14)16(20)21/h10,13H,5-9H2,1-4H3,(H,20,21). The molecule has 0 spiro atoms. The fourth-order valence-corrected chi connectivity index (χ4v) is 3.17. The van der Waals surface area contributed by atoms with Crippen molar-refractivity contribution >= 4 is 11.7 Å². The van der Waals surface area contributed by atoms with Gasteiger partial charge in [0.25, 0.3) is 0 Å². The second-order valence-corrected chi connectivity index (χ2v) is 5.82. The Balaban J connectivity index is 2.27. The highest BCUT2D eigenvalue weighted by molar-refractivity contribution is 5.95. The van der Waals surface area contributed by atoms with Crippen molar-refractivity contribution in [3.63, 3.8) is 0 Å². The quantitative estimate of drug-likeness (QED) is 0.922. The van der Waals surface area contributed by atoms with Crippen molar-refractivity contribution in [1.82, 2.24) is 9.88 Å². The summed E-state index contributed by atoms with van der Waals surface area (Å²) >= 11 is 0. The predicted molar refractivity (Wildman–Crippen MR) is 84.2 cm³/mol. The minimum atomic E-state index is -0.896. The van der Waals surface area contributed by atoms with Gasteiger partial charge in [-0.3, -0.25) is 4.98 Å². The Bertz CT molecular complexity index is 522. The average Bonchev–Trinajstić information content (AvgIpc) is 2.45. The van der Waals surface area contributed by atoms with Crippen LogP contribution in [0, 0.1) is 13.8 Å². The summed E-state index contributed by atoms with van der Waals surface area (Å²) in [6, 6.07) is 2.29. The highest BCUT2D eigenvalue weighted by Crippen LogP contribution is 2.28. The van der Waals surface area contributed by atoms with E-state index in [0.29, 0.717) is 17.3 Å². The molecule has 0 atom stereocenters. The van der Waals surface area contributed by atoms with Crippen molar-refractivity contribution in [2.75, 3.05) is 31.6 Å². The number of carbonyl (C=O) groups is 1. The van der Waals surface area contributed by atoms with Crippen LogP contribution >= 0.6 is 0 Å². The molecule has 1 N–H and O–H groups in total. The molecule has 5 heteroatoms. The third-order valence-corrected chi connectivity index (χ3v) is 4.45. The van der Waals surface area contributed by atoms with Gasteiger partial charge < -0.3 is 14.9 Å². The SMILES string of the molecule is CCN1CCC(N(C)c2cc(C)nc(C)c2C(=O)O)CC1. The minimum absolute atomic E-state index is 0.334. The van der Waals surface area contributed by atoms with Crippen LogP contribution in [0.1, 0.15) is 41.5 Å². The van der Waals surface area contributed by atoms with Crippen LogP contribution in [-0.2, 0) is 0 Å². The maximum atomic E-state index is 11.6. The summed E-state index contributed by atoms with van der Waals surface area (Å²) in [6.07, 6.45) is 2.15. The predicted octanol–water partition coefficient (Wildman–Crippen LogP) is 2.32. The number of nitrogens with zero attached hydrogens (tertiary/aromatic N) is 3. The molecule has 1 saturated heterocycles. The van der Waals surface area contributed by atoms with Gasteiger partial charge in [0.1, 0.15) is 5.56 Å². The summed E-state index contributed by atoms with van der Waals surface area (Å²) in [4.78, 5) is 20.4. The van der Waals surface area contributed by atoms with Gasteiger partial charge in [-0.05, 0) is 39.3 Å². The third kappa shape index (κ3) is 3.35. The molecular weight excluding hydrogens is 266 g/mol. The maximum Gasteiger partial charge on any atom is 0.339 e. The van der Waals surface area contributed by atoms with Gasteiger partial charge in [-0.25, -0.2) is 4.79 Å². The van der Waals surface area contributed by atoms with Crippen LogP contribution < -0.4 is 4.90 Å². The first kappa shape index (κ1) is 15.8. The summed E-state index contributed by atoms with van der Waals surface area (Å²) in [5.41, 5.74) is 2.59. The van der Waals surface area contributed by atoms with Crippen LogP contribution in [0.4, 0.5) is 5.69 Å². The van der Waals surface area contributed by atoms with Gasteiger partial charge in [0.2, 0.25) is 0 Å². The number of aryl methyl sites for hydroxylation is 2. The summed E-state index contributed by atoms with van der Waals surface area (Å²) in [6.45, 7) is 9.11. The van der Waals surface area contributed by atoms with Crippen LogP contribution in [0.15, 0.2) is 6.07 Å². The molecule has 0 bridgehead atoms. The zero-order valence-corrected chi connectivity index (χ0v) is 13.4. The van der Waals surface area contributed by atoms with Crippen LogP contribution in [0.5, 0.6) is 0 Å². The van der Waals surface area contributed by atoms with Crippen LogP contribution in [0.25, 0.3) is 0 Å². The fourth-order valence-electron chi connectivity index (χ4n) is 3.17. The summed E-state index contributed by atoms with van der Waals surface area (Å²) in [5, 5.41) is 9.49. The summed E-state index contributed by atoms with van der Waals surface area (Å²) in [7, 11) is 2.01. The Morgan fingerprint density at radius 1 is 1.43 bits per heavy atom. The van der Waals surface area contributed by atoms with E-state index in [9.17, 15) is 9.90 Å². The highest BCUT2D eigenvalue weighted by Gasteiger charge is 2.26. The molecule has 1 aliphatic heterocycles. The van der Waals surface area contributed by atoms with Gasteiger partial charge in [-0.1, -0.05) is 6.92 Å². The largest absolute Gasteiger partial charge is 0.478 e. The first-order valence-electron chi connectivity index (χ1n) is 7.60. The molecule has 0 radical (unpaired) electrons. The van der Waals surface area contributed by atoms with Gasteiger partial charge >= 0.3 is 5.97 Å². The first-order valence-corrected chi connectivity index (χ1v) is 7.60. The molecule has 0 amide bonds. The van der Waals surface area contributed by atoms with Crippen molar-refractivity contribution in [2.24, 2.45) is 0 Å². The van der Waals surface area contributed by atoms with E-state index in [1.165, 1.54) is 0 Å². The monoisotopic (exact) mass is 291 g/mol. The van der Waals surface area contributed by atoms with Crippen molar-refractivity contribution in [1.29, 1.82) is 0 Å². The first-order chi connectivity index (χ1) is 9.93. The molecule has 0 unspecified atom stereocenters. The lowest BCUT2D eigenvalue weighted by Crippen LogP contribution is -2.43. The number of carboxylic acid groups (broad SMARTS) is 1. The lowest BCUT2D eigenvalue weighted by atomic mass is 10.0. The van der Waals surface area contributed by atoms with Crippen LogP contribution in [0.2, 0.25) is 0 Å². The van der Waals surface area contributed by atoms with Crippen LogP contribution in [-0.4, -0.2) is 53.7 Å². The molecule has 1 aromatic rings. The highest BCUT2D eigenvalue weighted by atomic mass is 16.4. The Morgan fingerprint density at radius 3 is 2.57 bits per heavy atom. The minimum Gasteiger partial charge on any atom is -0.478 e. The number of hydrogen-bond donors (Lipinski definition) is 1. The van der Waals surface area contributed by atoms with Gasteiger partial charge in [0.15, 0.2) is 0 Å². The number of aromatic carboxylic acids is 1. The molecule has 2 rings (SSSR count). The van der Waals surface area contributed by atoms with E-state index in [4.69, 9.17) is 0 Å². The van der Waals surface area contributed by atoms with Gasteiger partial charge in [-0.15, -0.1) is 0 Å². The number of likely N-dealkylation sites (tertiary alicyclic amines) is 1. The Kier molecular flexibility index (Phi) is 4.83. The molecule has 0 aromatic carbocycles. The second kappa shape index (κ2) is 6.43. The maximum absolute atomic E-state index is 11.6. The Morgan fingerprint density at radius 2 is 2.05 bits per heavy atom. The number of pyridine rings is 1. The van der Waals surface area contributed by atoms with E-state index < -0.39 is 5.97 Å². The number of piperidine rings is 1. The zero-order chi connectivity index (χ0) is 15.6. The van der Waals surface area contributed by atoms with Crippen molar-refractivity contribution < 1.29 is 9.90 Å². The molecular formula is C16H25N3O2. The Hall–Kier alpha value is -1.62. The van der Waals surface area contributed by atoms with E-state index >= 15 is 0 Å². The normalized spacial score (nSPS) is 17.0. The molecule has 1 aromatic heterocycles. The number of aromatic nitrogens is 1. The number of rotatable bonds is 4. The third-order valence-electron chi connectivity index (χ3n) is 4.45. The molecule has 0 aliphatic carbocycles. The second-order valence-electron chi connectivity index (χ2n) is 5.82. The lowest BCUT2D eigenvalue weighted by Gasteiger charge is -2.38. The molecule has 0 saturated carbocycles. The Labute approximate surface area is 126 Å². The van der Waals surface area contributed by atoms with Crippen molar-refractivity contribution in [2.45, 2.75) is 39.7 Å². The van der Waals surface area contributed by atoms with E-state index in [1.54, 1.807) is 6.92 Å². The fraction of sp³-hybridized carbons (Fsp3) is 0.625. The van der Waals surface area contributed by atoms with Gasteiger partial charge in [0, 0.05) is 31.9 Å². The topological polar surface area (TPSA) is 56.7 Å². The molecule has 5 nitrogen and oxygen atoms in total. The summed E-state index contributed by atoms with van der Waals surface area (Å²) in [5.74, 6) is -0.896. The van der Waals surface area contributed by atoms with E-state index in [2.05, 4.69) is 21.7 Å². The molecule has 116 valence electrons. The number of carboxylic acids is 1. The van der Waals surface area contributed by atoms with Crippen molar-refractivity contribution in [3.05, 3.63) is 23.0 Å². The molecule has 1 fully saturated rings. The van der Waals surface area contributed by atoms with E-state index in [0.717, 1.165) is 43.9 Å². The zero-order valence-electron chi connectivity index (χ0n) is 13.4. The van der Waals surface area contributed by atoms with Gasteiger partial charge in [0.05, 0.1) is 11.4 Å². The molecule has 2 heterocycles. The lowest BCUT2D eigenvalue weighted by molar-refractivity contribution is 0.0696. The molecule has 1 aliphatic rings. The van der Waals surface area contributed by atoms with Gasteiger partial charge in [-0.2, -0.15) is 0 Å². The number of hydrogen-bond acceptors (Lipinski definition) is 4. The van der Waals surface area contributed by atoms with Crippen molar-refractivity contribution in [3.8, 4) is 0 Å².